The van der Waals surface area contributed by atoms with E-state index in [9.17, 15) is 4.79 Å². The quantitative estimate of drug-likeness (QED) is 0.823. The van der Waals surface area contributed by atoms with Crippen molar-refractivity contribution in [2.45, 2.75) is 0 Å². The zero-order chi connectivity index (χ0) is 9.26. The van der Waals surface area contributed by atoms with Crippen LogP contribution in [0.25, 0.3) is 10.8 Å². The van der Waals surface area contributed by atoms with Crippen LogP contribution < -0.4 is 5.73 Å². The van der Waals surface area contributed by atoms with E-state index in [1.807, 2.05) is 36.4 Å². The lowest BCUT2D eigenvalue weighted by Crippen LogP contribution is -2.11. The lowest BCUT2D eigenvalue weighted by molar-refractivity contribution is 0.100. The Labute approximate surface area is 100 Å². The van der Waals surface area contributed by atoms with Crippen molar-refractivity contribution in [3.8, 4) is 0 Å². The SMILES string of the molecule is Cl.Cl.NC(=O)c1cccc2ccccc12. The van der Waals surface area contributed by atoms with E-state index in [1.165, 1.54) is 0 Å². The van der Waals surface area contributed by atoms with E-state index in [4.69, 9.17) is 5.73 Å². The second kappa shape index (κ2) is 5.59. The molecule has 0 atom stereocenters. The Kier molecular flexibility index (Phi) is 5.12. The molecule has 2 N–H and O–H groups in total. The van der Waals surface area contributed by atoms with Crippen LogP contribution in [0.5, 0.6) is 0 Å². The monoisotopic (exact) mass is 243 g/mol. The Balaban J connectivity index is 0.000000980. The van der Waals surface area contributed by atoms with Gasteiger partial charge >= 0.3 is 0 Å². The second-order valence-electron chi connectivity index (χ2n) is 2.89. The molecule has 0 saturated carbocycles. The van der Waals surface area contributed by atoms with Crippen LogP contribution in [-0.4, -0.2) is 5.91 Å². The van der Waals surface area contributed by atoms with Gasteiger partial charge < -0.3 is 5.73 Å². The van der Waals surface area contributed by atoms with Gasteiger partial charge in [-0.1, -0.05) is 36.4 Å². The number of nitrogens with two attached hydrogens (primary N) is 1. The summed E-state index contributed by atoms with van der Waals surface area (Å²) in [6.45, 7) is 0. The van der Waals surface area contributed by atoms with Gasteiger partial charge in [0.25, 0.3) is 0 Å². The van der Waals surface area contributed by atoms with Gasteiger partial charge in [0, 0.05) is 5.56 Å². The van der Waals surface area contributed by atoms with Crippen LogP contribution in [0.15, 0.2) is 42.5 Å². The number of primary amides is 1. The van der Waals surface area contributed by atoms with Gasteiger partial charge in [-0.05, 0) is 16.8 Å². The molecule has 0 aliphatic heterocycles. The Morgan fingerprint density at radius 3 is 2.20 bits per heavy atom. The van der Waals surface area contributed by atoms with Crippen molar-refractivity contribution in [1.82, 2.24) is 0 Å². The number of carbonyl (C=O) groups is 1. The molecule has 2 aromatic rings. The highest BCUT2D eigenvalue weighted by molar-refractivity contribution is 6.06. The molecule has 0 aromatic heterocycles. The van der Waals surface area contributed by atoms with Gasteiger partial charge in [-0.15, -0.1) is 24.8 Å². The van der Waals surface area contributed by atoms with Gasteiger partial charge in [-0.2, -0.15) is 0 Å². The summed E-state index contributed by atoms with van der Waals surface area (Å²) in [7, 11) is 0. The summed E-state index contributed by atoms with van der Waals surface area (Å²) in [5.41, 5.74) is 5.82. The van der Waals surface area contributed by atoms with Crippen molar-refractivity contribution in [1.29, 1.82) is 0 Å². The number of halogens is 2. The molecule has 2 rings (SSSR count). The van der Waals surface area contributed by atoms with Crippen molar-refractivity contribution in [2.75, 3.05) is 0 Å². The first-order valence-corrected chi connectivity index (χ1v) is 4.06. The van der Waals surface area contributed by atoms with E-state index in [0.29, 0.717) is 5.56 Å². The Bertz CT molecular complexity index is 466. The van der Waals surface area contributed by atoms with Crippen molar-refractivity contribution in [3.05, 3.63) is 48.0 Å². The maximum absolute atomic E-state index is 11.0. The fourth-order valence-corrected chi connectivity index (χ4v) is 1.44. The highest BCUT2D eigenvalue weighted by Crippen LogP contribution is 2.17. The molecular formula is C11H11Cl2NO. The largest absolute Gasteiger partial charge is 0.366 e. The van der Waals surface area contributed by atoms with Crippen LogP contribution in [0.2, 0.25) is 0 Å². The van der Waals surface area contributed by atoms with E-state index in [0.717, 1.165) is 10.8 Å². The Morgan fingerprint density at radius 1 is 0.933 bits per heavy atom. The zero-order valence-corrected chi connectivity index (χ0v) is 9.48. The molecule has 2 aromatic carbocycles. The molecule has 0 spiro atoms. The van der Waals surface area contributed by atoms with Crippen LogP contribution in [0.4, 0.5) is 0 Å². The van der Waals surface area contributed by atoms with Crippen LogP contribution in [-0.2, 0) is 0 Å². The fraction of sp³-hybridized carbons (Fsp3) is 0. The van der Waals surface area contributed by atoms with Gasteiger partial charge in [-0.3, -0.25) is 4.79 Å². The first-order chi connectivity index (χ1) is 6.29. The van der Waals surface area contributed by atoms with Crippen LogP contribution >= 0.6 is 24.8 Å². The van der Waals surface area contributed by atoms with Crippen molar-refractivity contribution in [2.24, 2.45) is 5.73 Å². The van der Waals surface area contributed by atoms with Crippen LogP contribution in [0.3, 0.4) is 0 Å². The summed E-state index contributed by atoms with van der Waals surface area (Å²) in [6.07, 6.45) is 0. The van der Waals surface area contributed by atoms with E-state index in [1.54, 1.807) is 6.07 Å². The molecule has 80 valence electrons. The number of benzene rings is 2. The molecule has 0 bridgehead atoms. The molecule has 0 unspecified atom stereocenters. The van der Waals surface area contributed by atoms with Crippen molar-refractivity contribution >= 4 is 41.5 Å². The van der Waals surface area contributed by atoms with Gasteiger partial charge in [0.2, 0.25) is 5.91 Å². The molecule has 0 radical (unpaired) electrons. The highest BCUT2D eigenvalue weighted by Gasteiger charge is 2.03. The fourth-order valence-electron chi connectivity index (χ4n) is 1.44. The number of carbonyl (C=O) groups excluding carboxylic acids is 1. The third-order valence-corrected chi connectivity index (χ3v) is 2.06. The van der Waals surface area contributed by atoms with Crippen LogP contribution in [0.1, 0.15) is 10.4 Å². The number of amides is 1. The summed E-state index contributed by atoms with van der Waals surface area (Å²) in [4.78, 5) is 11.0. The molecule has 0 aliphatic carbocycles. The third kappa shape index (κ3) is 2.61. The molecular weight excluding hydrogens is 233 g/mol. The Morgan fingerprint density at radius 2 is 1.53 bits per heavy atom. The lowest BCUT2D eigenvalue weighted by Gasteiger charge is -2.01. The molecule has 0 saturated heterocycles. The molecule has 4 heteroatoms. The maximum Gasteiger partial charge on any atom is 0.249 e. The third-order valence-electron chi connectivity index (χ3n) is 2.06. The van der Waals surface area contributed by atoms with E-state index < -0.39 is 0 Å². The normalized spacial score (nSPS) is 8.80. The molecule has 2 nitrogen and oxygen atoms in total. The predicted octanol–water partition coefficient (Wildman–Crippen LogP) is 2.78. The smallest absolute Gasteiger partial charge is 0.249 e. The minimum atomic E-state index is -0.378. The van der Waals surface area contributed by atoms with Gasteiger partial charge in [-0.25, -0.2) is 0 Å². The molecule has 15 heavy (non-hydrogen) atoms. The summed E-state index contributed by atoms with van der Waals surface area (Å²) >= 11 is 0. The number of fused-ring (bicyclic) bond motifs is 1. The van der Waals surface area contributed by atoms with Gasteiger partial charge in [0.15, 0.2) is 0 Å². The summed E-state index contributed by atoms with van der Waals surface area (Å²) in [5.74, 6) is -0.378. The van der Waals surface area contributed by atoms with Gasteiger partial charge in [0.1, 0.15) is 0 Å². The van der Waals surface area contributed by atoms with Crippen molar-refractivity contribution < 1.29 is 4.79 Å². The topological polar surface area (TPSA) is 43.1 Å². The Hall–Kier alpha value is -1.25. The number of hydrogen-bond acceptors (Lipinski definition) is 1. The van der Waals surface area contributed by atoms with Crippen LogP contribution in [0, 0.1) is 0 Å². The van der Waals surface area contributed by atoms with E-state index in [-0.39, 0.29) is 30.7 Å². The molecule has 0 heterocycles. The minimum Gasteiger partial charge on any atom is -0.366 e. The lowest BCUT2D eigenvalue weighted by atomic mass is 10.0. The summed E-state index contributed by atoms with van der Waals surface area (Å²) < 4.78 is 0. The molecule has 0 aliphatic rings. The standard InChI is InChI=1S/C11H9NO.2ClH/c12-11(13)10-7-3-5-8-4-1-2-6-9(8)10;;/h1-7H,(H2,12,13);2*1H. The average Bonchev–Trinajstić information content (AvgIpc) is 2.17. The van der Waals surface area contributed by atoms with E-state index >= 15 is 0 Å². The minimum absolute atomic E-state index is 0. The zero-order valence-electron chi connectivity index (χ0n) is 7.84. The summed E-state index contributed by atoms with van der Waals surface area (Å²) in [5, 5.41) is 1.95. The first-order valence-electron chi connectivity index (χ1n) is 4.06. The summed E-state index contributed by atoms with van der Waals surface area (Å²) in [6, 6.07) is 13.2. The molecule has 0 fully saturated rings. The molecule has 1 amide bonds. The van der Waals surface area contributed by atoms with Gasteiger partial charge in [0.05, 0.1) is 0 Å². The number of rotatable bonds is 1. The second-order valence-corrected chi connectivity index (χ2v) is 2.89. The first kappa shape index (κ1) is 13.8. The van der Waals surface area contributed by atoms with E-state index in [2.05, 4.69) is 0 Å². The highest BCUT2D eigenvalue weighted by atomic mass is 35.5. The predicted molar refractivity (Wildman–Crippen MR) is 67.0 cm³/mol. The average molecular weight is 244 g/mol. The van der Waals surface area contributed by atoms with Crippen molar-refractivity contribution in [3.63, 3.8) is 0 Å². The number of hydrogen-bond donors (Lipinski definition) is 1. The maximum atomic E-state index is 11.0.